The number of nitrogens with zero attached hydrogens (tertiary/aromatic N) is 1. The topological polar surface area (TPSA) is 64.9 Å². The average molecular weight is 287 g/mol. The standard InChI is InChI=1S/C10H15N3.3ClH/c1-7-2-3-9(13-6-7)10(12)4-8(11)5-10;;;/h2-3,6,8H,4-5,11-12H2,1H3;3*1H. The molecule has 0 bridgehead atoms. The molecular formula is C10H18Cl3N3. The highest BCUT2D eigenvalue weighted by Gasteiger charge is 2.41. The van der Waals surface area contributed by atoms with E-state index in [9.17, 15) is 0 Å². The Morgan fingerprint density at radius 2 is 1.81 bits per heavy atom. The predicted molar refractivity (Wildman–Crippen MR) is 73.8 cm³/mol. The molecule has 0 aromatic carbocycles. The minimum Gasteiger partial charge on any atom is -0.328 e. The third-order valence-electron chi connectivity index (χ3n) is 2.67. The van der Waals surface area contributed by atoms with Gasteiger partial charge in [0, 0.05) is 12.2 Å². The van der Waals surface area contributed by atoms with E-state index in [1.54, 1.807) is 0 Å². The number of hydrogen-bond donors (Lipinski definition) is 2. The Hall–Kier alpha value is -0.0600. The first-order chi connectivity index (χ1) is 6.10. The molecule has 1 aliphatic carbocycles. The smallest absolute Gasteiger partial charge is 0.0613 e. The molecule has 0 atom stereocenters. The van der Waals surface area contributed by atoms with Crippen molar-refractivity contribution in [3.05, 3.63) is 29.6 Å². The van der Waals surface area contributed by atoms with Gasteiger partial charge in [-0.25, -0.2) is 0 Å². The Labute approximate surface area is 115 Å². The van der Waals surface area contributed by atoms with Crippen LogP contribution < -0.4 is 11.5 Å². The molecule has 1 aliphatic rings. The summed E-state index contributed by atoms with van der Waals surface area (Å²) in [4.78, 5) is 4.33. The zero-order valence-corrected chi connectivity index (χ0v) is 11.5. The molecule has 0 spiro atoms. The molecule has 1 aromatic rings. The summed E-state index contributed by atoms with van der Waals surface area (Å²) in [6.45, 7) is 2.02. The van der Waals surface area contributed by atoms with Crippen molar-refractivity contribution in [2.75, 3.05) is 0 Å². The zero-order chi connectivity index (χ0) is 9.47. The van der Waals surface area contributed by atoms with E-state index in [-0.39, 0.29) is 48.8 Å². The van der Waals surface area contributed by atoms with Gasteiger partial charge in [-0.2, -0.15) is 0 Å². The van der Waals surface area contributed by atoms with Crippen molar-refractivity contribution in [1.29, 1.82) is 0 Å². The summed E-state index contributed by atoms with van der Waals surface area (Å²) in [6, 6.07) is 4.30. The molecule has 2 rings (SSSR count). The lowest BCUT2D eigenvalue weighted by molar-refractivity contribution is 0.205. The van der Waals surface area contributed by atoms with Crippen LogP contribution in [0.4, 0.5) is 0 Å². The molecule has 94 valence electrons. The molecule has 0 unspecified atom stereocenters. The van der Waals surface area contributed by atoms with Gasteiger partial charge in [0.15, 0.2) is 0 Å². The summed E-state index contributed by atoms with van der Waals surface area (Å²) in [5, 5.41) is 0. The highest BCUT2D eigenvalue weighted by molar-refractivity contribution is 5.86. The number of rotatable bonds is 1. The fraction of sp³-hybridized carbons (Fsp3) is 0.500. The lowest BCUT2D eigenvalue weighted by Crippen LogP contribution is -2.55. The molecule has 0 radical (unpaired) electrons. The third kappa shape index (κ3) is 3.47. The molecular weight excluding hydrogens is 268 g/mol. The van der Waals surface area contributed by atoms with Crippen LogP contribution in [0.3, 0.4) is 0 Å². The van der Waals surface area contributed by atoms with Crippen molar-refractivity contribution in [2.45, 2.75) is 31.3 Å². The van der Waals surface area contributed by atoms with E-state index in [2.05, 4.69) is 4.98 Å². The van der Waals surface area contributed by atoms with E-state index in [1.165, 1.54) is 0 Å². The average Bonchev–Trinajstić information content (AvgIpc) is 2.03. The Bertz CT molecular complexity index is 310. The van der Waals surface area contributed by atoms with E-state index < -0.39 is 0 Å². The van der Waals surface area contributed by atoms with E-state index >= 15 is 0 Å². The van der Waals surface area contributed by atoms with Gasteiger partial charge >= 0.3 is 0 Å². The van der Waals surface area contributed by atoms with E-state index in [0.29, 0.717) is 0 Å². The van der Waals surface area contributed by atoms with Gasteiger partial charge in [-0.1, -0.05) is 6.07 Å². The van der Waals surface area contributed by atoms with Gasteiger partial charge in [0.2, 0.25) is 0 Å². The Morgan fingerprint density at radius 1 is 1.25 bits per heavy atom. The predicted octanol–water partition coefficient (Wildman–Crippen LogP) is 1.93. The highest BCUT2D eigenvalue weighted by Crippen LogP contribution is 2.36. The minimum absolute atomic E-state index is 0. The summed E-state index contributed by atoms with van der Waals surface area (Å²) in [5.74, 6) is 0. The monoisotopic (exact) mass is 285 g/mol. The van der Waals surface area contributed by atoms with Crippen LogP contribution in [0.1, 0.15) is 24.1 Å². The maximum Gasteiger partial charge on any atom is 0.0613 e. The van der Waals surface area contributed by atoms with Crippen LogP contribution in [0, 0.1) is 6.92 Å². The van der Waals surface area contributed by atoms with Gasteiger partial charge in [-0.15, -0.1) is 37.2 Å². The maximum absolute atomic E-state index is 6.12. The summed E-state index contributed by atoms with van der Waals surface area (Å²) >= 11 is 0. The first-order valence-corrected chi connectivity index (χ1v) is 4.58. The van der Waals surface area contributed by atoms with Crippen molar-refractivity contribution in [1.82, 2.24) is 4.98 Å². The van der Waals surface area contributed by atoms with E-state index in [1.807, 2.05) is 25.3 Å². The normalized spacial score (nSPS) is 26.6. The molecule has 0 aliphatic heterocycles. The Morgan fingerprint density at radius 3 is 2.19 bits per heavy atom. The molecule has 1 heterocycles. The van der Waals surface area contributed by atoms with Crippen LogP contribution in [0.5, 0.6) is 0 Å². The summed E-state index contributed by atoms with van der Waals surface area (Å²) in [6.07, 6.45) is 3.56. The van der Waals surface area contributed by atoms with Gasteiger partial charge in [-0.3, -0.25) is 4.98 Å². The van der Waals surface area contributed by atoms with E-state index in [4.69, 9.17) is 11.5 Å². The summed E-state index contributed by atoms with van der Waals surface area (Å²) < 4.78 is 0. The van der Waals surface area contributed by atoms with Crippen molar-refractivity contribution < 1.29 is 0 Å². The molecule has 16 heavy (non-hydrogen) atoms. The van der Waals surface area contributed by atoms with Crippen molar-refractivity contribution in [3.63, 3.8) is 0 Å². The summed E-state index contributed by atoms with van der Waals surface area (Å²) in [5.41, 5.74) is 13.7. The Kier molecular flexibility index (Phi) is 7.58. The maximum atomic E-state index is 6.12. The van der Waals surface area contributed by atoms with Gasteiger partial charge in [-0.05, 0) is 31.4 Å². The quantitative estimate of drug-likeness (QED) is 0.829. The molecule has 0 amide bonds. The Balaban J connectivity index is 0. The molecule has 1 saturated carbocycles. The molecule has 4 N–H and O–H groups in total. The van der Waals surface area contributed by atoms with Crippen molar-refractivity contribution >= 4 is 37.2 Å². The first kappa shape index (κ1) is 18.3. The van der Waals surface area contributed by atoms with Gasteiger partial charge in [0.05, 0.1) is 11.2 Å². The van der Waals surface area contributed by atoms with Crippen LogP contribution in [-0.2, 0) is 5.54 Å². The second kappa shape index (κ2) is 6.62. The summed E-state index contributed by atoms with van der Waals surface area (Å²) in [7, 11) is 0. The number of pyridine rings is 1. The zero-order valence-electron chi connectivity index (χ0n) is 9.05. The number of aryl methyl sites for hydroxylation is 1. The molecule has 0 saturated heterocycles. The number of hydrogen-bond acceptors (Lipinski definition) is 3. The molecule has 6 heteroatoms. The van der Waals surface area contributed by atoms with Gasteiger partial charge in [0.1, 0.15) is 0 Å². The van der Waals surface area contributed by atoms with Crippen LogP contribution in [0.15, 0.2) is 18.3 Å². The SMILES string of the molecule is Cc1ccc(C2(N)CC(N)C2)nc1.Cl.Cl.Cl. The fourth-order valence-electron chi connectivity index (χ4n) is 1.85. The molecule has 1 fully saturated rings. The second-order valence-electron chi connectivity index (χ2n) is 4.05. The highest BCUT2D eigenvalue weighted by atomic mass is 35.5. The van der Waals surface area contributed by atoms with Crippen LogP contribution in [0.2, 0.25) is 0 Å². The van der Waals surface area contributed by atoms with Crippen molar-refractivity contribution in [2.24, 2.45) is 11.5 Å². The lowest BCUT2D eigenvalue weighted by Gasteiger charge is -2.42. The largest absolute Gasteiger partial charge is 0.328 e. The number of halogens is 3. The van der Waals surface area contributed by atoms with Crippen LogP contribution >= 0.6 is 37.2 Å². The van der Waals surface area contributed by atoms with Gasteiger partial charge in [0.25, 0.3) is 0 Å². The van der Waals surface area contributed by atoms with Crippen molar-refractivity contribution in [3.8, 4) is 0 Å². The lowest BCUT2D eigenvalue weighted by atomic mass is 9.71. The number of nitrogens with two attached hydrogens (primary N) is 2. The first-order valence-electron chi connectivity index (χ1n) is 4.58. The molecule has 1 aromatic heterocycles. The minimum atomic E-state index is -0.257. The second-order valence-corrected chi connectivity index (χ2v) is 4.05. The van der Waals surface area contributed by atoms with Crippen LogP contribution in [-0.4, -0.2) is 11.0 Å². The fourth-order valence-corrected chi connectivity index (χ4v) is 1.85. The van der Waals surface area contributed by atoms with Gasteiger partial charge < -0.3 is 11.5 Å². The van der Waals surface area contributed by atoms with Crippen LogP contribution in [0.25, 0.3) is 0 Å². The number of aromatic nitrogens is 1. The third-order valence-corrected chi connectivity index (χ3v) is 2.67. The molecule has 3 nitrogen and oxygen atoms in total. The van der Waals surface area contributed by atoms with E-state index in [0.717, 1.165) is 24.1 Å².